The molecule has 0 bridgehead atoms. The summed E-state index contributed by atoms with van der Waals surface area (Å²) in [6.45, 7) is 5.97. The zero-order valence-electron chi connectivity index (χ0n) is 9.10. The molecule has 0 aliphatic rings. The van der Waals surface area contributed by atoms with E-state index in [1.807, 2.05) is 6.92 Å². The summed E-state index contributed by atoms with van der Waals surface area (Å²) in [5.41, 5.74) is 0.981. The molecule has 1 N–H and O–H groups in total. The van der Waals surface area contributed by atoms with E-state index in [2.05, 4.69) is 10.8 Å². The van der Waals surface area contributed by atoms with E-state index in [4.69, 9.17) is 4.74 Å². The third-order valence-electron chi connectivity index (χ3n) is 1.63. The third kappa shape index (κ3) is 8.56. The van der Waals surface area contributed by atoms with Gasteiger partial charge in [-0.25, -0.2) is 0 Å². The van der Waals surface area contributed by atoms with Crippen molar-refractivity contribution in [1.29, 1.82) is 0 Å². The number of aliphatic hydroxyl groups excluding tert-OH is 1. The van der Waals surface area contributed by atoms with Crippen molar-refractivity contribution in [2.75, 3.05) is 26.1 Å². The van der Waals surface area contributed by atoms with E-state index >= 15 is 0 Å². The minimum atomic E-state index is -3.62. The molecule has 5 nitrogen and oxygen atoms in total. The van der Waals surface area contributed by atoms with Crippen LogP contribution >= 0.6 is 0 Å². The summed E-state index contributed by atoms with van der Waals surface area (Å²) >= 11 is 0. The van der Waals surface area contributed by atoms with Gasteiger partial charge in [-0.2, -0.15) is 8.42 Å². The highest BCUT2D eigenvalue weighted by atomic mass is 32.2. The van der Waals surface area contributed by atoms with Crippen LogP contribution in [0.25, 0.3) is 0 Å². The average molecular weight is 238 g/mol. The normalized spacial score (nSPS) is 13.8. The first kappa shape index (κ1) is 14.6. The summed E-state index contributed by atoms with van der Waals surface area (Å²) in [5.74, 6) is -0.448. The summed E-state index contributed by atoms with van der Waals surface area (Å²) in [4.78, 5) is 0. The van der Waals surface area contributed by atoms with Gasteiger partial charge in [-0.05, 0) is 13.3 Å². The van der Waals surface area contributed by atoms with Gasteiger partial charge in [-0.1, -0.05) is 5.57 Å². The fourth-order valence-corrected chi connectivity index (χ4v) is 1.52. The van der Waals surface area contributed by atoms with Crippen molar-refractivity contribution in [2.24, 2.45) is 0 Å². The highest BCUT2D eigenvalue weighted by Crippen LogP contribution is 1.99. The molecule has 0 rings (SSSR count). The van der Waals surface area contributed by atoms with E-state index < -0.39 is 22.0 Å². The van der Waals surface area contributed by atoms with Gasteiger partial charge in [-0.15, -0.1) is 6.58 Å². The van der Waals surface area contributed by atoms with Crippen LogP contribution in [0.4, 0.5) is 0 Å². The van der Waals surface area contributed by atoms with Gasteiger partial charge in [-0.3, -0.25) is 4.18 Å². The molecule has 0 amide bonds. The number of hydrogen-bond acceptors (Lipinski definition) is 5. The zero-order chi connectivity index (χ0) is 11.9. The Morgan fingerprint density at radius 2 is 2.13 bits per heavy atom. The van der Waals surface area contributed by atoms with Gasteiger partial charge >= 0.3 is 0 Å². The van der Waals surface area contributed by atoms with Gasteiger partial charge in [0.2, 0.25) is 0 Å². The maximum Gasteiger partial charge on any atom is 0.269 e. The molecule has 0 aliphatic heterocycles. The van der Waals surface area contributed by atoms with Crippen LogP contribution in [0.3, 0.4) is 0 Å². The molecule has 0 aromatic rings. The van der Waals surface area contributed by atoms with E-state index in [-0.39, 0.29) is 6.61 Å². The molecule has 0 saturated carbocycles. The number of ether oxygens (including phenoxy) is 1. The summed E-state index contributed by atoms with van der Waals surface area (Å²) < 4.78 is 31.1. The van der Waals surface area contributed by atoms with Crippen LogP contribution in [-0.4, -0.2) is 45.7 Å². The minimum Gasteiger partial charge on any atom is -0.390 e. The second-order valence-electron chi connectivity index (χ2n) is 3.33. The predicted octanol–water partition coefficient (Wildman–Crippen LogP) is 0.306. The Hall–Kier alpha value is -0.430. The van der Waals surface area contributed by atoms with E-state index in [0.29, 0.717) is 13.0 Å². The lowest BCUT2D eigenvalue weighted by molar-refractivity contribution is 0.0483. The highest BCUT2D eigenvalue weighted by Gasteiger charge is 2.16. The Bertz CT molecular complexity index is 283. The van der Waals surface area contributed by atoms with Crippen molar-refractivity contribution < 1.29 is 22.4 Å². The van der Waals surface area contributed by atoms with Gasteiger partial charge in [0.05, 0.1) is 26.4 Å². The SMILES string of the molecule is C=C(C)CCOCC(O)CS(=O)(=O)OC. The summed E-state index contributed by atoms with van der Waals surface area (Å²) in [6.07, 6.45) is -0.357. The Balaban J connectivity index is 3.67. The van der Waals surface area contributed by atoms with Crippen molar-refractivity contribution in [3.05, 3.63) is 12.2 Å². The molecule has 0 saturated heterocycles. The first-order valence-electron chi connectivity index (χ1n) is 4.56. The fourth-order valence-electron chi connectivity index (χ4n) is 0.818. The Kier molecular flexibility index (Phi) is 6.75. The van der Waals surface area contributed by atoms with Gasteiger partial charge in [0.1, 0.15) is 5.75 Å². The van der Waals surface area contributed by atoms with Crippen LogP contribution in [0.15, 0.2) is 12.2 Å². The van der Waals surface area contributed by atoms with Crippen molar-refractivity contribution in [2.45, 2.75) is 19.4 Å². The number of hydrogen-bond donors (Lipinski definition) is 1. The smallest absolute Gasteiger partial charge is 0.269 e. The van der Waals surface area contributed by atoms with Crippen molar-refractivity contribution in [3.63, 3.8) is 0 Å². The first-order chi connectivity index (χ1) is 6.87. The minimum absolute atomic E-state index is 0.0180. The molecule has 0 heterocycles. The number of aliphatic hydroxyl groups is 1. The van der Waals surface area contributed by atoms with Gasteiger partial charge in [0.25, 0.3) is 10.1 Å². The van der Waals surface area contributed by atoms with Crippen molar-refractivity contribution >= 4 is 10.1 Å². The molecule has 15 heavy (non-hydrogen) atoms. The second-order valence-corrected chi connectivity index (χ2v) is 5.11. The van der Waals surface area contributed by atoms with E-state index in [1.165, 1.54) is 0 Å². The molecule has 90 valence electrons. The zero-order valence-corrected chi connectivity index (χ0v) is 9.92. The first-order valence-corrected chi connectivity index (χ1v) is 6.13. The Morgan fingerprint density at radius 3 is 2.60 bits per heavy atom. The van der Waals surface area contributed by atoms with Crippen LogP contribution < -0.4 is 0 Å². The van der Waals surface area contributed by atoms with Crippen LogP contribution in [0.2, 0.25) is 0 Å². The molecule has 1 atom stereocenters. The average Bonchev–Trinajstić information content (AvgIpc) is 2.11. The number of rotatable bonds is 8. The van der Waals surface area contributed by atoms with Crippen LogP contribution in [0, 0.1) is 0 Å². The Morgan fingerprint density at radius 1 is 1.53 bits per heavy atom. The summed E-state index contributed by atoms with van der Waals surface area (Å²) in [5, 5.41) is 9.27. The third-order valence-corrected chi connectivity index (χ3v) is 2.93. The van der Waals surface area contributed by atoms with Crippen molar-refractivity contribution in [3.8, 4) is 0 Å². The second kappa shape index (κ2) is 6.95. The van der Waals surface area contributed by atoms with E-state index in [0.717, 1.165) is 12.7 Å². The lowest BCUT2D eigenvalue weighted by Crippen LogP contribution is -2.26. The highest BCUT2D eigenvalue weighted by molar-refractivity contribution is 7.86. The van der Waals surface area contributed by atoms with Crippen molar-refractivity contribution in [1.82, 2.24) is 0 Å². The molecular formula is C9H18O5S. The van der Waals surface area contributed by atoms with E-state index in [9.17, 15) is 13.5 Å². The Labute approximate surface area is 90.8 Å². The van der Waals surface area contributed by atoms with Gasteiger partial charge in [0.15, 0.2) is 0 Å². The van der Waals surface area contributed by atoms with Crippen LogP contribution in [0.5, 0.6) is 0 Å². The molecule has 0 spiro atoms. The summed E-state index contributed by atoms with van der Waals surface area (Å²) in [6, 6.07) is 0. The predicted molar refractivity (Wildman–Crippen MR) is 57.1 cm³/mol. The molecule has 0 aliphatic carbocycles. The maximum atomic E-state index is 10.9. The topological polar surface area (TPSA) is 72.8 Å². The molecule has 0 aromatic carbocycles. The fraction of sp³-hybridized carbons (Fsp3) is 0.778. The molecule has 1 unspecified atom stereocenters. The lowest BCUT2D eigenvalue weighted by atomic mass is 10.3. The van der Waals surface area contributed by atoms with Crippen LogP contribution in [-0.2, 0) is 19.0 Å². The summed E-state index contributed by atoms with van der Waals surface area (Å²) in [7, 11) is -2.56. The molecule has 6 heteroatoms. The van der Waals surface area contributed by atoms with E-state index in [1.54, 1.807) is 0 Å². The molecule has 0 radical (unpaired) electrons. The largest absolute Gasteiger partial charge is 0.390 e. The van der Waals surface area contributed by atoms with Crippen LogP contribution in [0.1, 0.15) is 13.3 Å². The molecular weight excluding hydrogens is 220 g/mol. The lowest BCUT2D eigenvalue weighted by Gasteiger charge is -2.10. The standard InChI is InChI=1S/C9H18O5S/c1-8(2)4-5-14-6-9(10)7-15(11,12)13-3/h9-10H,1,4-7H2,2-3H3. The maximum absolute atomic E-state index is 10.9. The van der Waals surface area contributed by atoms with Gasteiger partial charge in [0, 0.05) is 0 Å². The quantitative estimate of drug-likeness (QED) is 0.374. The molecule has 0 aromatic heterocycles. The van der Waals surface area contributed by atoms with Gasteiger partial charge < -0.3 is 9.84 Å². The monoisotopic (exact) mass is 238 g/mol. The molecule has 0 fully saturated rings.